The molecule has 0 saturated carbocycles. The minimum absolute atomic E-state index is 0.1000. The number of aryl methyl sites for hydroxylation is 3. The van der Waals surface area contributed by atoms with Crippen molar-refractivity contribution in [3.63, 3.8) is 0 Å². The van der Waals surface area contributed by atoms with Crippen molar-refractivity contribution in [3.05, 3.63) is 53.3 Å². The van der Waals surface area contributed by atoms with Gasteiger partial charge in [-0.15, -0.1) is 5.92 Å². The van der Waals surface area contributed by atoms with Crippen molar-refractivity contribution < 1.29 is 9.59 Å². The minimum atomic E-state index is -0.864. The Morgan fingerprint density at radius 1 is 1.18 bits per heavy atom. The van der Waals surface area contributed by atoms with Gasteiger partial charge in [0.1, 0.15) is 5.54 Å². The number of carbonyl (C=O) groups excluding carboxylic acids is 2. The fourth-order valence-corrected chi connectivity index (χ4v) is 5.28. The maximum atomic E-state index is 13.7. The van der Waals surface area contributed by atoms with Crippen molar-refractivity contribution in [2.24, 2.45) is 5.92 Å². The van der Waals surface area contributed by atoms with Gasteiger partial charge in [-0.3, -0.25) is 19.3 Å². The van der Waals surface area contributed by atoms with Crippen LogP contribution in [0.4, 0.5) is 4.79 Å². The molecule has 0 spiro atoms. The number of likely N-dealkylation sites (tertiary alicyclic amines) is 1. The number of piperidine rings is 1. The van der Waals surface area contributed by atoms with Crippen LogP contribution >= 0.6 is 0 Å². The van der Waals surface area contributed by atoms with E-state index in [1.807, 2.05) is 22.9 Å². The number of benzene rings is 1. The average Bonchev–Trinajstić information content (AvgIpc) is 3.33. The second kappa shape index (κ2) is 10.4. The maximum Gasteiger partial charge on any atom is 0.325 e. The van der Waals surface area contributed by atoms with Gasteiger partial charge in [0.2, 0.25) is 0 Å². The van der Waals surface area contributed by atoms with Gasteiger partial charge in [0.05, 0.1) is 12.2 Å². The summed E-state index contributed by atoms with van der Waals surface area (Å²) < 4.78 is 1.98. The van der Waals surface area contributed by atoms with Crippen LogP contribution in [0.3, 0.4) is 0 Å². The van der Waals surface area contributed by atoms with Gasteiger partial charge < -0.3 is 5.32 Å². The monoisotopic (exact) mass is 461 g/mol. The quantitative estimate of drug-likeness (QED) is 0.483. The van der Waals surface area contributed by atoms with E-state index >= 15 is 0 Å². The molecule has 1 aromatic heterocycles. The van der Waals surface area contributed by atoms with Crippen LogP contribution in [0.1, 0.15) is 49.9 Å². The van der Waals surface area contributed by atoms with E-state index in [1.165, 1.54) is 16.0 Å². The highest BCUT2D eigenvalue weighted by atomic mass is 16.2. The molecule has 0 unspecified atom stereocenters. The van der Waals surface area contributed by atoms with Crippen molar-refractivity contribution in [2.75, 3.05) is 19.6 Å². The Morgan fingerprint density at radius 3 is 2.56 bits per heavy atom. The summed E-state index contributed by atoms with van der Waals surface area (Å²) in [6, 6.07) is 9.87. The molecule has 34 heavy (non-hydrogen) atoms. The molecule has 7 heteroatoms. The summed E-state index contributed by atoms with van der Waals surface area (Å²) in [5.41, 5.74) is 2.65. The average molecular weight is 462 g/mol. The Morgan fingerprint density at radius 2 is 1.91 bits per heavy atom. The molecule has 1 aromatic carbocycles. The SMILES string of the molecule is CC#CCN1C(=O)N[C@@](CCc2ccccc2)(C2CCN(Cc3cn(CC)nc3C)CC2)C1=O. The van der Waals surface area contributed by atoms with Gasteiger partial charge in [-0.05, 0) is 71.0 Å². The molecule has 7 nitrogen and oxygen atoms in total. The number of aromatic nitrogens is 2. The molecule has 4 rings (SSSR count). The summed E-state index contributed by atoms with van der Waals surface area (Å²) in [4.78, 5) is 30.2. The molecule has 0 radical (unpaired) electrons. The summed E-state index contributed by atoms with van der Waals surface area (Å²) in [5.74, 6) is 5.68. The first-order chi connectivity index (χ1) is 16.5. The zero-order chi connectivity index (χ0) is 24.1. The molecule has 0 bridgehead atoms. The second-order valence-corrected chi connectivity index (χ2v) is 9.35. The van der Waals surface area contributed by atoms with Crippen molar-refractivity contribution in [2.45, 2.75) is 65.1 Å². The van der Waals surface area contributed by atoms with Gasteiger partial charge in [0, 0.05) is 24.8 Å². The molecule has 2 aliphatic rings. The maximum absolute atomic E-state index is 13.7. The van der Waals surface area contributed by atoms with Crippen molar-refractivity contribution in [1.82, 2.24) is 24.9 Å². The normalized spacial score (nSPS) is 21.4. The zero-order valence-corrected chi connectivity index (χ0v) is 20.5. The Kier molecular flexibility index (Phi) is 7.38. The number of rotatable bonds is 8. The number of hydrogen-bond acceptors (Lipinski definition) is 4. The summed E-state index contributed by atoms with van der Waals surface area (Å²) in [6.45, 7) is 9.56. The van der Waals surface area contributed by atoms with E-state index in [0.29, 0.717) is 6.42 Å². The Labute approximate surface area is 202 Å². The van der Waals surface area contributed by atoms with Crippen LogP contribution < -0.4 is 5.32 Å². The number of carbonyl (C=O) groups is 2. The highest BCUT2D eigenvalue weighted by Crippen LogP contribution is 2.37. The van der Waals surface area contributed by atoms with Gasteiger partial charge in [-0.2, -0.15) is 5.10 Å². The molecule has 2 fully saturated rings. The minimum Gasteiger partial charge on any atom is -0.323 e. The number of hydrogen-bond donors (Lipinski definition) is 1. The Balaban J connectivity index is 1.49. The second-order valence-electron chi connectivity index (χ2n) is 9.35. The molecular weight excluding hydrogens is 426 g/mol. The molecule has 2 aromatic rings. The first kappa shape index (κ1) is 24.0. The Hall–Kier alpha value is -3.11. The lowest BCUT2D eigenvalue weighted by Gasteiger charge is -2.41. The van der Waals surface area contributed by atoms with Gasteiger partial charge in [-0.25, -0.2) is 4.79 Å². The number of nitrogens with zero attached hydrogens (tertiary/aromatic N) is 4. The molecule has 2 saturated heterocycles. The lowest BCUT2D eigenvalue weighted by molar-refractivity contribution is -0.134. The first-order valence-electron chi connectivity index (χ1n) is 12.3. The predicted molar refractivity (Wildman–Crippen MR) is 132 cm³/mol. The summed E-state index contributed by atoms with van der Waals surface area (Å²) >= 11 is 0. The van der Waals surface area contributed by atoms with Crippen LogP contribution in [-0.2, 0) is 24.3 Å². The summed E-state index contributed by atoms with van der Waals surface area (Å²) in [6.07, 6.45) is 5.22. The third-order valence-corrected chi connectivity index (χ3v) is 7.32. The van der Waals surface area contributed by atoms with Crippen molar-refractivity contribution in [3.8, 4) is 11.8 Å². The largest absolute Gasteiger partial charge is 0.325 e. The number of nitrogens with one attached hydrogen (secondary N) is 1. The van der Waals surface area contributed by atoms with Crippen molar-refractivity contribution in [1.29, 1.82) is 0 Å². The number of urea groups is 1. The molecule has 0 aliphatic carbocycles. The molecule has 180 valence electrons. The van der Waals surface area contributed by atoms with E-state index in [2.05, 4.69) is 59.3 Å². The molecule has 1 atom stereocenters. The van der Waals surface area contributed by atoms with Gasteiger partial charge >= 0.3 is 6.03 Å². The number of amides is 3. The topological polar surface area (TPSA) is 70.5 Å². The van der Waals surface area contributed by atoms with Crippen LogP contribution in [-0.4, -0.2) is 56.7 Å². The summed E-state index contributed by atoms with van der Waals surface area (Å²) in [7, 11) is 0. The van der Waals surface area contributed by atoms with E-state index in [1.54, 1.807) is 6.92 Å². The third kappa shape index (κ3) is 4.88. The number of imide groups is 1. The molecule has 2 aliphatic heterocycles. The highest BCUT2D eigenvalue weighted by Gasteiger charge is 2.55. The van der Waals surface area contributed by atoms with E-state index in [0.717, 1.165) is 51.1 Å². The van der Waals surface area contributed by atoms with E-state index < -0.39 is 5.54 Å². The third-order valence-electron chi connectivity index (χ3n) is 7.32. The highest BCUT2D eigenvalue weighted by molar-refractivity contribution is 6.07. The molecule has 3 heterocycles. The van der Waals surface area contributed by atoms with Gasteiger partial charge in [-0.1, -0.05) is 36.3 Å². The lowest BCUT2D eigenvalue weighted by atomic mass is 9.74. The van der Waals surface area contributed by atoms with Gasteiger partial charge in [0.15, 0.2) is 0 Å². The predicted octanol–water partition coefficient (Wildman–Crippen LogP) is 3.37. The zero-order valence-electron chi connectivity index (χ0n) is 20.5. The smallest absolute Gasteiger partial charge is 0.323 e. The van der Waals surface area contributed by atoms with Crippen LogP contribution in [0.2, 0.25) is 0 Å². The van der Waals surface area contributed by atoms with E-state index in [9.17, 15) is 9.59 Å². The van der Waals surface area contributed by atoms with Crippen LogP contribution in [0.25, 0.3) is 0 Å². The van der Waals surface area contributed by atoms with Crippen LogP contribution in [0, 0.1) is 24.7 Å². The van der Waals surface area contributed by atoms with E-state index in [-0.39, 0.29) is 24.4 Å². The van der Waals surface area contributed by atoms with Crippen LogP contribution in [0.15, 0.2) is 36.5 Å². The van der Waals surface area contributed by atoms with Crippen molar-refractivity contribution >= 4 is 11.9 Å². The fraction of sp³-hybridized carbons (Fsp3) is 0.519. The van der Waals surface area contributed by atoms with Crippen LogP contribution in [0.5, 0.6) is 0 Å². The molecule has 1 N–H and O–H groups in total. The standard InChI is InChI=1S/C27H35N5O2/c1-4-6-16-32-25(33)27(28-26(32)34,15-12-22-10-8-7-9-11-22)24-13-17-30(18-14-24)19-23-20-31(5-2)29-21(23)3/h7-11,20,24H,5,12-19H2,1-3H3,(H,28,34)/t27-/m0/s1. The lowest BCUT2D eigenvalue weighted by Crippen LogP contribution is -2.56. The molecular formula is C27H35N5O2. The molecule has 3 amide bonds. The first-order valence-corrected chi connectivity index (χ1v) is 12.3. The Bertz CT molecular complexity index is 1080. The van der Waals surface area contributed by atoms with Gasteiger partial charge in [0.25, 0.3) is 5.91 Å². The summed E-state index contributed by atoms with van der Waals surface area (Å²) in [5, 5.41) is 7.71. The van der Waals surface area contributed by atoms with E-state index in [4.69, 9.17) is 0 Å². The fourth-order valence-electron chi connectivity index (χ4n) is 5.28.